The van der Waals surface area contributed by atoms with Crippen LogP contribution >= 0.6 is 0 Å². The second-order valence-corrected chi connectivity index (χ2v) is 8.95. The second-order valence-electron chi connectivity index (χ2n) is 8.95. The van der Waals surface area contributed by atoms with Gasteiger partial charge in [-0.15, -0.1) is 0 Å². The second kappa shape index (κ2) is 13.7. The summed E-state index contributed by atoms with van der Waals surface area (Å²) in [6, 6.07) is 19.4. The van der Waals surface area contributed by atoms with Gasteiger partial charge in [0.25, 0.3) is 0 Å². The molecule has 3 atom stereocenters. The molecule has 0 spiro atoms. The first-order valence-electron chi connectivity index (χ1n) is 12.8. The van der Waals surface area contributed by atoms with Gasteiger partial charge in [0.15, 0.2) is 17.8 Å². The predicted molar refractivity (Wildman–Crippen MR) is 152 cm³/mol. The van der Waals surface area contributed by atoms with E-state index in [1.165, 1.54) is 0 Å². The molecule has 4 rings (SSSR count). The van der Waals surface area contributed by atoms with Crippen molar-refractivity contribution in [2.75, 3.05) is 42.2 Å². The summed E-state index contributed by atoms with van der Waals surface area (Å²) in [5, 5.41) is 0. The van der Waals surface area contributed by atoms with Crippen LogP contribution < -0.4 is 23.7 Å². The molecule has 7 heteroatoms. The van der Waals surface area contributed by atoms with Crippen LogP contribution in [-0.2, 0) is 9.47 Å². The van der Waals surface area contributed by atoms with E-state index >= 15 is 0 Å². The van der Waals surface area contributed by atoms with Gasteiger partial charge >= 0.3 is 0 Å². The van der Waals surface area contributed by atoms with Crippen LogP contribution in [0.4, 0.5) is 0 Å². The molecule has 0 saturated carbocycles. The van der Waals surface area contributed by atoms with Crippen LogP contribution in [0.1, 0.15) is 29.2 Å². The van der Waals surface area contributed by atoms with E-state index in [9.17, 15) is 0 Å². The fourth-order valence-electron chi connectivity index (χ4n) is 4.66. The highest BCUT2D eigenvalue weighted by molar-refractivity contribution is 5.64. The van der Waals surface area contributed by atoms with E-state index in [1.807, 2.05) is 78.9 Å². The van der Waals surface area contributed by atoms with Crippen LogP contribution in [0, 0.1) is 5.92 Å². The minimum absolute atomic E-state index is 0.0518. The highest BCUT2D eigenvalue weighted by atomic mass is 16.7. The van der Waals surface area contributed by atoms with Crippen molar-refractivity contribution in [1.29, 1.82) is 0 Å². The van der Waals surface area contributed by atoms with Gasteiger partial charge in [-0.25, -0.2) is 0 Å². The normalized spacial score (nSPS) is 19.3. The minimum Gasteiger partial charge on any atom is -0.496 e. The average molecular weight is 533 g/mol. The first-order chi connectivity index (χ1) is 19.1. The third-order valence-corrected chi connectivity index (χ3v) is 6.68. The summed E-state index contributed by atoms with van der Waals surface area (Å²) < 4.78 is 40.2. The summed E-state index contributed by atoms with van der Waals surface area (Å²) in [4.78, 5) is 0. The lowest BCUT2D eigenvalue weighted by atomic mass is 9.91. The summed E-state index contributed by atoms with van der Waals surface area (Å²) >= 11 is 0. The van der Waals surface area contributed by atoms with E-state index in [-0.39, 0.29) is 12.0 Å². The van der Waals surface area contributed by atoms with E-state index in [2.05, 4.69) is 6.08 Å². The minimum atomic E-state index is -0.525. The Labute approximate surface area is 230 Å². The number of methoxy groups -OCH3 is 5. The van der Waals surface area contributed by atoms with Crippen LogP contribution in [0.3, 0.4) is 0 Å². The zero-order valence-corrected chi connectivity index (χ0v) is 23.1. The van der Waals surface area contributed by atoms with Crippen LogP contribution in [0.15, 0.2) is 72.8 Å². The van der Waals surface area contributed by atoms with Gasteiger partial charge in [0.1, 0.15) is 17.2 Å². The van der Waals surface area contributed by atoms with Crippen molar-refractivity contribution >= 4 is 12.2 Å². The van der Waals surface area contributed by atoms with Gasteiger partial charge in [0.05, 0.1) is 53.8 Å². The lowest BCUT2D eigenvalue weighted by Gasteiger charge is -2.35. The Morgan fingerprint density at radius 1 is 0.718 bits per heavy atom. The Balaban J connectivity index is 1.59. The van der Waals surface area contributed by atoms with Crippen molar-refractivity contribution in [2.24, 2.45) is 5.92 Å². The zero-order valence-electron chi connectivity index (χ0n) is 23.1. The molecule has 0 N–H and O–H groups in total. The standard InChI is InChI=1S/C32H36O7/c1-33-26-13-7-6-10-22(26)17-19-31-38-21-24(11-8-12-25-27(34-2)14-9-15-28(25)35-3)32(39-31)23-16-18-29(36-4)30(20-23)37-5/h6-10,12-20,24,31-32H,11,21H2,1-5H3/b12-8-,19-17+/t24-,31-,32+/m0/s1. The Morgan fingerprint density at radius 3 is 2.08 bits per heavy atom. The van der Waals surface area contributed by atoms with Crippen molar-refractivity contribution in [2.45, 2.75) is 18.8 Å². The molecule has 0 bridgehead atoms. The molecule has 1 aliphatic heterocycles. The molecular weight excluding hydrogens is 496 g/mol. The summed E-state index contributed by atoms with van der Waals surface area (Å²) in [5.41, 5.74) is 2.83. The molecule has 0 aliphatic carbocycles. The maximum absolute atomic E-state index is 6.52. The Kier molecular flexibility index (Phi) is 9.89. The molecular formula is C32H36O7. The monoisotopic (exact) mass is 532 g/mol. The zero-order chi connectivity index (χ0) is 27.6. The Morgan fingerprint density at radius 2 is 1.38 bits per heavy atom. The van der Waals surface area contributed by atoms with Gasteiger partial charge in [-0.3, -0.25) is 0 Å². The predicted octanol–water partition coefficient (Wildman–Crippen LogP) is 6.58. The lowest BCUT2D eigenvalue weighted by molar-refractivity contribution is -0.215. The van der Waals surface area contributed by atoms with Gasteiger partial charge in [-0.2, -0.15) is 0 Å². The molecule has 1 heterocycles. The summed E-state index contributed by atoms with van der Waals surface area (Å²) in [6.45, 7) is 0.507. The van der Waals surface area contributed by atoms with Gasteiger partial charge in [0, 0.05) is 11.5 Å². The first kappa shape index (κ1) is 28.1. The molecule has 0 aromatic heterocycles. The van der Waals surface area contributed by atoms with Gasteiger partial charge in [-0.1, -0.05) is 48.6 Å². The molecule has 7 nitrogen and oxygen atoms in total. The summed E-state index contributed by atoms with van der Waals surface area (Å²) in [5.74, 6) is 3.66. The Bertz CT molecular complexity index is 1260. The smallest absolute Gasteiger partial charge is 0.177 e. The maximum Gasteiger partial charge on any atom is 0.177 e. The van der Waals surface area contributed by atoms with Crippen LogP contribution in [-0.4, -0.2) is 48.4 Å². The molecule has 1 fully saturated rings. The fourth-order valence-corrected chi connectivity index (χ4v) is 4.66. The maximum atomic E-state index is 6.52. The molecule has 0 amide bonds. The number of ether oxygens (including phenoxy) is 7. The average Bonchev–Trinajstić information content (AvgIpc) is 3.00. The van der Waals surface area contributed by atoms with Crippen molar-refractivity contribution in [1.82, 2.24) is 0 Å². The highest BCUT2D eigenvalue weighted by Crippen LogP contribution is 2.39. The van der Waals surface area contributed by atoms with E-state index < -0.39 is 6.29 Å². The summed E-state index contributed by atoms with van der Waals surface area (Å²) in [7, 11) is 8.22. The Hall–Kier alpha value is -3.94. The summed E-state index contributed by atoms with van der Waals surface area (Å²) in [6.07, 6.45) is 7.95. The quantitative estimate of drug-likeness (QED) is 0.276. The van der Waals surface area contributed by atoms with Crippen molar-refractivity contribution in [3.05, 3.63) is 89.5 Å². The number of rotatable bonds is 11. The van der Waals surface area contributed by atoms with E-state index in [4.69, 9.17) is 33.2 Å². The molecule has 0 unspecified atom stereocenters. The largest absolute Gasteiger partial charge is 0.496 e. The SMILES string of the molecule is COc1ccccc1/C=C/[C@H]1OC[C@H](C/C=C\c2c(OC)cccc2OC)[C@@H](c2ccc(OC)c(OC)c2)O1. The molecule has 3 aromatic rings. The third-order valence-electron chi connectivity index (χ3n) is 6.68. The van der Waals surface area contributed by atoms with Crippen molar-refractivity contribution < 1.29 is 33.2 Å². The van der Waals surface area contributed by atoms with Gasteiger partial charge < -0.3 is 33.2 Å². The number of benzene rings is 3. The highest BCUT2D eigenvalue weighted by Gasteiger charge is 2.32. The first-order valence-corrected chi connectivity index (χ1v) is 12.8. The number of para-hydroxylation sites is 1. The fraction of sp³-hybridized carbons (Fsp3) is 0.312. The number of hydrogen-bond acceptors (Lipinski definition) is 7. The molecule has 1 aliphatic rings. The molecule has 1 saturated heterocycles. The number of allylic oxidation sites excluding steroid dienone is 1. The molecule has 39 heavy (non-hydrogen) atoms. The molecule has 3 aromatic carbocycles. The van der Waals surface area contributed by atoms with E-state index in [0.717, 1.165) is 33.9 Å². The van der Waals surface area contributed by atoms with Crippen LogP contribution in [0.5, 0.6) is 28.7 Å². The van der Waals surface area contributed by atoms with E-state index in [0.29, 0.717) is 24.5 Å². The van der Waals surface area contributed by atoms with E-state index in [1.54, 1.807) is 35.5 Å². The molecule has 0 radical (unpaired) electrons. The van der Waals surface area contributed by atoms with Gasteiger partial charge in [-0.05, 0) is 48.4 Å². The van der Waals surface area contributed by atoms with Crippen molar-refractivity contribution in [3.63, 3.8) is 0 Å². The van der Waals surface area contributed by atoms with Crippen LogP contribution in [0.25, 0.3) is 12.2 Å². The van der Waals surface area contributed by atoms with Gasteiger partial charge in [0.2, 0.25) is 0 Å². The van der Waals surface area contributed by atoms with Crippen molar-refractivity contribution in [3.8, 4) is 28.7 Å². The van der Waals surface area contributed by atoms with Crippen LogP contribution in [0.2, 0.25) is 0 Å². The third kappa shape index (κ3) is 6.74. The number of hydrogen-bond donors (Lipinski definition) is 0. The topological polar surface area (TPSA) is 64.6 Å². The molecule has 206 valence electrons. The lowest BCUT2D eigenvalue weighted by Crippen LogP contribution is -2.33.